The molecule has 19 heavy (non-hydrogen) atoms. The molecule has 3 atom stereocenters. The molecule has 1 heterocycles. The maximum atomic E-state index is 12.4. The molecule has 4 N–H and O–H groups in total. The molecule has 1 aromatic carbocycles. The van der Waals surface area contributed by atoms with Crippen LogP contribution in [0.15, 0.2) is 18.2 Å². The van der Waals surface area contributed by atoms with Crippen molar-refractivity contribution >= 4 is 17.3 Å². The molecule has 1 aliphatic carbocycles. The van der Waals surface area contributed by atoms with Crippen molar-refractivity contribution < 1.29 is 9.53 Å². The van der Waals surface area contributed by atoms with E-state index in [-0.39, 0.29) is 18.0 Å². The van der Waals surface area contributed by atoms with E-state index in [0.717, 1.165) is 24.9 Å². The van der Waals surface area contributed by atoms with Crippen LogP contribution in [0.4, 0.5) is 11.4 Å². The molecule has 0 bridgehead atoms. The van der Waals surface area contributed by atoms with Crippen LogP contribution in [-0.2, 0) is 4.79 Å². The van der Waals surface area contributed by atoms with Crippen molar-refractivity contribution in [2.45, 2.75) is 44.4 Å². The number of benzene rings is 1. The second kappa shape index (κ2) is 4.42. The van der Waals surface area contributed by atoms with Gasteiger partial charge in [-0.05, 0) is 44.4 Å². The zero-order valence-electron chi connectivity index (χ0n) is 11.0. The molecule has 1 saturated carbocycles. The van der Waals surface area contributed by atoms with Crippen LogP contribution in [0, 0.1) is 0 Å². The van der Waals surface area contributed by atoms with Gasteiger partial charge in [-0.25, -0.2) is 0 Å². The third kappa shape index (κ3) is 1.94. The van der Waals surface area contributed by atoms with E-state index >= 15 is 0 Å². The van der Waals surface area contributed by atoms with Crippen LogP contribution in [0.5, 0.6) is 5.75 Å². The van der Waals surface area contributed by atoms with Crippen LogP contribution in [0.25, 0.3) is 0 Å². The van der Waals surface area contributed by atoms with Crippen LogP contribution in [-0.4, -0.2) is 24.1 Å². The number of carbonyl (C=O) groups is 1. The Morgan fingerprint density at radius 2 is 2.16 bits per heavy atom. The van der Waals surface area contributed by atoms with Crippen molar-refractivity contribution in [1.82, 2.24) is 0 Å². The molecule has 3 unspecified atom stereocenters. The number of ether oxygens (including phenoxy) is 1. The van der Waals surface area contributed by atoms with E-state index in [1.807, 2.05) is 6.07 Å². The van der Waals surface area contributed by atoms with Crippen molar-refractivity contribution in [3.8, 4) is 5.75 Å². The number of fused-ring (bicyclic) bond motifs is 1. The van der Waals surface area contributed by atoms with Gasteiger partial charge in [0.2, 0.25) is 0 Å². The first-order chi connectivity index (χ1) is 9.08. The van der Waals surface area contributed by atoms with Crippen LogP contribution in [0.1, 0.15) is 26.2 Å². The first-order valence-electron chi connectivity index (χ1n) is 6.73. The molecular formula is C14H19N3O2. The van der Waals surface area contributed by atoms with E-state index in [4.69, 9.17) is 16.2 Å². The summed E-state index contributed by atoms with van der Waals surface area (Å²) < 4.78 is 5.64. The lowest BCUT2D eigenvalue weighted by atomic mass is 10.1. The van der Waals surface area contributed by atoms with Crippen LogP contribution in [0.3, 0.4) is 0 Å². The number of hydrogen-bond donors (Lipinski definition) is 2. The summed E-state index contributed by atoms with van der Waals surface area (Å²) in [4.78, 5) is 14.2. The number of nitrogens with zero attached hydrogens (tertiary/aromatic N) is 1. The fourth-order valence-electron chi connectivity index (χ4n) is 3.01. The molecule has 5 nitrogen and oxygen atoms in total. The van der Waals surface area contributed by atoms with E-state index in [0.29, 0.717) is 11.4 Å². The third-order valence-corrected chi connectivity index (χ3v) is 3.99. The topological polar surface area (TPSA) is 81.6 Å². The fourth-order valence-corrected chi connectivity index (χ4v) is 3.01. The maximum Gasteiger partial charge on any atom is 0.268 e. The van der Waals surface area contributed by atoms with Gasteiger partial charge in [0.15, 0.2) is 6.10 Å². The van der Waals surface area contributed by atoms with E-state index in [1.165, 1.54) is 0 Å². The van der Waals surface area contributed by atoms with Gasteiger partial charge in [-0.2, -0.15) is 0 Å². The minimum absolute atomic E-state index is 0.0274. The van der Waals surface area contributed by atoms with E-state index in [9.17, 15) is 4.79 Å². The molecule has 2 aliphatic rings. The first kappa shape index (κ1) is 12.3. The summed E-state index contributed by atoms with van der Waals surface area (Å²) in [5.41, 5.74) is 13.4. The first-order valence-corrected chi connectivity index (χ1v) is 6.73. The van der Waals surface area contributed by atoms with Gasteiger partial charge in [0.1, 0.15) is 5.75 Å². The van der Waals surface area contributed by atoms with Gasteiger partial charge in [0.25, 0.3) is 5.91 Å². The average molecular weight is 261 g/mol. The monoisotopic (exact) mass is 261 g/mol. The highest BCUT2D eigenvalue weighted by Crippen LogP contribution is 2.39. The standard InChI is InChI=1S/C14H19N3O2/c1-8-14(18)17(11-4-2-3-10(11)16)12-7-9(15)5-6-13(12)19-8/h5-8,10-11H,2-4,15-16H2,1H3. The number of anilines is 2. The highest BCUT2D eigenvalue weighted by atomic mass is 16.5. The molecule has 0 spiro atoms. The molecule has 3 rings (SSSR count). The van der Waals surface area contributed by atoms with Gasteiger partial charge < -0.3 is 21.1 Å². The minimum atomic E-state index is -0.469. The summed E-state index contributed by atoms with van der Waals surface area (Å²) >= 11 is 0. The van der Waals surface area contributed by atoms with E-state index in [1.54, 1.807) is 24.0 Å². The highest BCUT2D eigenvalue weighted by molar-refractivity contribution is 6.01. The van der Waals surface area contributed by atoms with Crippen LogP contribution in [0.2, 0.25) is 0 Å². The summed E-state index contributed by atoms with van der Waals surface area (Å²) in [6.45, 7) is 1.77. The summed E-state index contributed by atoms with van der Waals surface area (Å²) in [5, 5.41) is 0. The molecule has 0 saturated heterocycles. The highest BCUT2D eigenvalue weighted by Gasteiger charge is 2.40. The lowest BCUT2D eigenvalue weighted by molar-refractivity contribution is -0.126. The van der Waals surface area contributed by atoms with Crippen molar-refractivity contribution in [2.75, 3.05) is 10.6 Å². The van der Waals surface area contributed by atoms with Crippen molar-refractivity contribution in [3.63, 3.8) is 0 Å². The van der Waals surface area contributed by atoms with Gasteiger partial charge in [0.05, 0.1) is 11.7 Å². The van der Waals surface area contributed by atoms with Crippen molar-refractivity contribution in [3.05, 3.63) is 18.2 Å². The number of rotatable bonds is 1. The minimum Gasteiger partial charge on any atom is -0.479 e. The molecule has 1 aliphatic heterocycles. The molecule has 0 radical (unpaired) electrons. The number of hydrogen-bond acceptors (Lipinski definition) is 4. The number of nitrogens with two attached hydrogens (primary N) is 2. The Bertz CT molecular complexity index is 517. The third-order valence-electron chi connectivity index (χ3n) is 3.99. The number of carbonyl (C=O) groups excluding carboxylic acids is 1. The Morgan fingerprint density at radius 1 is 1.37 bits per heavy atom. The largest absolute Gasteiger partial charge is 0.479 e. The van der Waals surface area contributed by atoms with Gasteiger partial charge in [-0.3, -0.25) is 4.79 Å². The van der Waals surface area contributed by atoms with Gasteiger partial charge in [-0.1, -0.05) is 0 Å². The van der Waals surface area contributed by atoms with E-state index < -0.39 is 6.10 Å². The summed E-state index contributed by atoms with van der Waals surface area (Å²) in [7, 11) is 0. The predicted molar refractivity (Wildman–Crippen MR) is 74.0 cm³/mol. The molecule has 1 aromatic rings. The second-order valence-corrected chi connectivity index (χ2v) is 5.36. The maximum absolute atomic E-state index is 12.4. The fraction of sp³-hybridized carbons (Fsp3) is 0.500. The second-order valence-electron chi connectivity index (χ2n) is 5.36. The Hall–Kier alpha value is -1.75. The average Bonchev–Trinajstić information content (AvgIpc) is 2.78. The summed E-state index contributed by atoms with van der Waals surface area (Å²) in [6.07, 6.45) is 2.49. The molecule has 1 amide bonds. The Kier molecular flexibility index (Phi) is 2.86. The summed E-state index contributed by atoms with van der Waals surface area (Å²) in [6, 6.07) is 5.49. The zero-order chi connectivity index (χ0) is 13.6. The van der Waals surface area contributed by atoms with E-state index in [2.05, 4.69) is 0 Å². The Morgan fingerprint density at radius 3 is 2.84 bits per heavy atom. The SMILES string of the molecule is CC1Oc2ccc(N)cc2N(C2CCCC2N)C1=O. The molecular weight excluding hydrogens is 242 g/mol. The molecule has 102 valence electrons. The van der Waals surface area contributed by atoms with Gasteiger partial charge in [-0.15, -0.1) is 0 Å². The number of amides is 1. The van der Waals surface area contributed by atoms with Crippen molar-refractivity contribution in [1.29, 1.82) is 0 Å². The molecule has 1 fully saturated rings. The Balaban J connectivity index is 2.06. The van der Waals surface area contributed by atoms with Gasteiger partial charge >= 0.3 is 0 Å². The smallest absolute Gasteiger partial charge is 0.268 e. The van der Waals surface area contributed by atoms with Crippen molar-refractivity contribution in [2.24, 2.45) is 5.73 Å². The van der Waals surface area contributed by atoms with Gasteiger partial charge in [0, 0.05) is 11.7 Å². The summed E-state index contributed by atoms with van der Waals surface area (Å²) in [5.74, 6) is 0.681. The molecule has 0 aromatic heterocycles. The lowest BCUT2D eigenvalue weighted by Crippen LogP contribution is -2.54. The Labute approximate surface area is 112 Å². The van der Waals surface area contributed by atoms with Crippen LogP contribution >= 0.6 is 0 Å². The van der Waals surface area contributed by atoms with Crippen LogP contribution < -0.4 is 21.1 Å². The lowest BCUT2D eigenvalue weighted by Gasteiger charge is -2.38. The normalized spacial score (nSPS) is 30.1. The molecule has 5 heteroatoms. The number of nitrogen functional groups attached to an aromatic ring is 1. The quantitative estimate of drug-likeness (QED) is 0.746. The zero-order valence-corrected chi connectivity index (χ0v) is 11.0. The predicted octanol–water partition coefficient (Wildman–Crippen LogP) is 1.26.